The number of carbonyl (C=O) groups excluding carboxylic acids is 1. The smallest absolute Gasteiger partial charge is 0.407 e. The highest BCUT2D eigenvalue weighted by Crippen LogP contribution is 2.44. The molecule has 0 heterocycles. The Balaban J connectivity index is 2.87. The molecule has 0 aliphatic heterocycles. The molecule has 0 radical (unpaired) electrons. The molecule has 1 fully saturated rings. The fraction of sp³-hybridized carbons (Fsp3) is 0.923. The van der Waals surface area contributed by atoms with Crippen LogP contribution in [0.15, 0.2) is 0 Å². The predicted molar refractivity (Wildman–Crippen MR) is 66.8 cm³/mol. The molecular formula is C13H25NO3. The van der Waals surface area contributed by atoms with Crippen LogP contribution >= 0.6 is 0 Å². The van der Waals surface area contributed by atoms with Gasteiger partial charge in [0.25, 0.3) is 0 Å². The number of carbonyl (C=O) groups is 1. The summed E-state index contributed by atoms with van der Waals surface area (Å²) in [5.74, 6) is 0. The summed E-state index contributed by atoms with van der Waals surface area (Å²) in [7, 11) is 1.38. The Morgan fingerprint density at radius 3 is 2.06 bits per heavy atom. The van der Waals surface area contributed by atoms with Crippen molar-refractivity contribution in [3.63, 3.8) is 0 Å². The van der Waals surface area contributed by atoms with Crippen molar-refractivity contribution >= 4 is 6.09 Å². The van der Waals surface area contributed by atoms with Crippen LogP contribution in [0.3, 0.4) is 0 Å². The van der Waals surface area contributed by atoms with Gasteiger partial charge in [0.15, 0.2) is 0 Å². The van der Waals surface area contributed by atoms with Crippen LogP contribution in [0.25, 0.3) is 0 Å². The fourth-order valence-corrected chi connectivity index (χ4v) is 2.52. The number of hydrogen-bond donors (Lipinski definition) is 2. The van der Waals surface area contributed by atoms with E-state index in [0.29, 0.717) is 12.8 Å². The SMILES string of the molecule is COC(=O)N[C@]1(C(C)(C)C)CC[C@](C)(O)CC1. The highest BCUT2D eigenvalue weighted by Gasteiger charge is 2.48. The molecule has 1 amide bonds. The number of rotatable bonds is 1. The third kappa shape index (κ3) is 3.12. The number of hydrogen-bond acceptors (Lipinski definition) is 3. The van der Waals surface area contributed by atoms with E-state index in [1.807, 2.05) is 6.92 Å². The second kappa shape index (κ2) is 4.48. The van der Waals surface area contributed by atoms with Crippen LogP contribution in [-0.4, -0.2) is 29.4 Å². The molecule has 1 rings (SSSR count). The maximum atomic E-state index is 11.5. The van der Waals surface area contributed by atoms with Gasteiger partial charge >= 0.3 is 6.09 Å². The van der Waals surface area contributed by atoms with Crippen molar-refractivity contribution in [1.29, 1.82) is 0 Å². The standard InChI is InChI=1S/C13H25NO3/c1-11(2,3)13(14-10(15)17-5)8-6-12(4,16)7-9-13/h16H,6-9H2,1-5H3,(H,14,15)/t12-,13+. The summed E-state index contributed by atoms with van der Waals surface area (Å²) >= 11 is 0. The van der Waals surface area contributed by atoms with Crippen LogP contribution in [0.1, 0.15) is 53.4 Å². The first-order valence-electron chi connectivity index (χ1n) is 6.20. The lowest BCUT2D eigenvalue weighted by Gasteiger charge is -2.50. The van der Waals surface area contributed by atoms with Gasteiger partial charge in [0.05, 0.1) is 12.7 Å². The summed E-state index contributed by atoms with van der Waals surface area (Å²) in [6.07, 6.45) is 2.57. The van der Waals surface area contributed by atoms with Crippen molar-refractivity contribution in [3.8, 4) is 0 Å². The molecular weight excluding hydrogens is 218 g/mol. The van der Waals surface area contributed by atoms with Crippen molar-refractivity contribution in [3.05, 3.63) is 0 Å². The summed E-state index contributed by atoms with van der Waals surface area (Å²) in [5.41, 5.74) is -0.952. The Hall–Kier alpha value is -0.770. The highest BCUT2D eigenvalue weighted by molar-refractivity contribution is 5.68. The minimum Gasteiger partial charge on any atom is -0.453 e. The third-order valence-electron chi connectivity index (χ3n) is 4.14. The van der Waals surface area contributed by atoms with E-state index in [0.717, 1.165) is 12.8 Å². The van der Waals surface area contributed by atoms with Crippen LogP contribution in [0.2, 0.25) is 0 Å². The van der Waals surface area contributed by atoms with Gasteiger partial charge in [-0.2, -0.15) is 0 Å². The topological polar surface area (TPSA) is 58.6 Å². The number of nitrogens with one attached hydrogen (secondary N) is 1. The summed E-state index contributed by atoms with van der Waals surface area (Å²) in [6.45, 7) is 8.20. The van der Waals surface area contributed by atoms with Crippen LogP contribution in [0.5, 0.6) is 0 Å². The maximum Gasteiger partial charge on any atom is 0.407 e. The van der Waals surface area contributed by atoms with E-state index < -0.39 is 5.60 Å². The predicted octanol–water partition coefficient (Wildman–Crippen LogP) is 2.45. The zero-order chi connectivity index (χ0) is 13.3. The van der Waals surface area contributed by atoms with E-state index in [1.54, 1.807) is 0 Å². The number of methoxy groups -OCH3 is 1. The Kier molecular flexibility index (Phi) is 3.77. The molecule has 0 unspecified atom stereocenters. The molecule has 17 heavy (non-hydrogen) atoms. The molecule has 2 N–H and O–H groups in total. The molecule has 0 aromatic heterocycles. The number of alkyl carbamates (subject to hydrolysis) is 1. The van der Waals surface area contributed by atoms with E-state index in [4.69, 9.17) is 4.74 Å². The molecule has 0 saturated heterocycles. The normalized spacial score (nSPS) is 34.2. The highest BCUT2D eigenvalue weighted by atomic mass is 16.5. The largest absolute Gasteiger partial charge is 0.453 e. The molecule has 4 nitrogen and oxygen atoms in total. The van der Waals surface area contributed by atoms with Crippen LogP contribution in [0, 0.1) is 5.41 Å². The van der Waals surface area contributed by atoms with Crippen LogP contribution in [0.4, 0.5) is 4.79 Å². The molecule has 1 aliphatic carbocycles. The second-order valence-electron chi connectivity index (χ2n) is 6.45. The Labute approximate surface area is 104 Å². The number of amides is 1. The average molecular weight is 243 g/mol. The average Bonchev–Trinajstić information content (AvgIpc) is 2.19. The van der Waals surface area contributed by atoms with Crippen molar-refractivity contribution in [2.24, 2.45) is 5.41 Å². The van der Waals surface area contributed by atoms with E-state index in [1.165, 1.54) is 7.11 Å². The van der Waals surface area contributed by atoms with Gasteiger partial charge < -0.3 is 15.2 Å². The van der Waals surface area contributed by atoms with Crippen molar-refractivity contribution < 1.29 is 14.6 Å². The third-order valence-corrected chi connectivity index (χ3v) is 4.14. The summed E-state index contributed by atoms with van der Waals surface area (Å²) in [6, 6.07) is 0. The van der Waals surface area contributed by atoms with Gasteiger partial charge in [-0.3, -0.25) is 0 Å². The fourth-order valence-electron chi connectivity index (χ4n) is 2.52. The van der Waals surface area contributed by atoms with Gasteiger partial charge in [0.1, 0.15) is 0 Å². The van der Waals surface area contributed by atoms with Crippen molar-refractivity contribution in [1.82, 2.24) is 5.32 Å². The first-order valence-corrected chi connectivity index (χ1v) is 6.20. The minimum atomic E-state index is -0.605. The molecule has 0 atom stereocenters. The van der Waals surface area contributed by atoms with E-state index in [2.05, 4.69) is 26.1 Å². The van der Waals surface area contributed by atoms with Gasteiger partial charge in [-0.05, 0) is 38.0 Å². The summed E-state index contributed by atoms with van der Waals surface area (Å²) in [5, 5.41) is 13.0. The first kappa shape index (κ1) is 14.3. The first-order chi connectivity index (χ1) is 7.62. The lowest BCUT2D eigenvalue weighted by molar-refractivity contribution is -0.0323. The molecule has 0 aromatic rings. The quantitative estimate of drug-likeness (QED) is 0.743. The zero-order valence-corrected chi connectivity index (χ0v) is 11.6. The van der Waals surface area contributed by atoms with Gasteiger partial charge in [-0.25, -0.2) is 4.79 Å². The van der Waals surface area contributed by atoms with Crippen LogP contribution in [-0.2, 0) is 4.74 Å². The van der Waals surface area contributed by atoms with Gasteiger partial charge in [0.2, 0.25) is 0 Å². The lowest BCUT2D eigenvalue weighted by Crippen LogP contribution is -2.60. The Bertz CT molecular complexity index is 282. The lowest BCUT2D eigenvalue weighted by atomic mass is 9.63. The Morgan fingerprint density at radius 1 is 1.24 bits per heavy atom. The van der Waals surface area contributed by atoms with Gasteiger partial charge in [0, 0.05) is 5.54 Å². The zero-order valence-electron chi connectivity index (χ0n) is 11.6. The molecule has 0 spiro atoms. The van der Waals surface area contributed by atoms with Crippen LogP contribution < -0.4 is 5.32 Å². The molecule has 1 aliphatic rings. The summed E-state index contributed by atoms with van der Waals surface area (Å²) in [4.78, 5) is 11.5. The van der Waals surface area contributed by atoms with Gasteiger partial charge in [-0.1, -0.05) is 20.8 Å². The molecule has 0 aromatic carbocycles. The summed E-state index contributed by atoms with van der Waals surface area (Å²) < 4.78 is 4.71. The number of ether oxygens (including phenoxy) is 1. The van der Waals surface area contributed by atoms with E-state index in [9.17, 15) is 9.90 Å². The maximum absolute atomic E-state index is 11.5. The molecule has 1 saturated carbocycles. The molecule has 4 heteroatoms. The monoisotopic (exact) mass is 243 g/mol. The Morgan fingerprint density at radius 2 is 1.71 bits per heavy atom. The molecule has 0 bridgehead atoms. The number of aliphatic hydroxyl groups is 1. The van der Waals surface area contributed by atoms with E-state index in [-0.39, 0.29) is 17.0 Å². The van der Waals surface area contributed by atoms with Gasteiger partial charge in [-0.15, -0.1) is 0 Å². The second-order valence-corrected chi connectivity index (χ2v) is 6.45. The van der Waals surface area contributed by atoms with Crippen molar-refractivity contribution in [2.75, 3.05) is 7.11 Å². The van der Waals surface area contributed by atoms with E-state index >= 15 is 0 Å². The molecule has 100 valence electrons. The van der Waals surface area contributed by atoms with Crippen molar-refractivity contribution in [2.45, 2.75) is 64.5 Å². The minimum absolute atomic E-state index is 0.0578.